The fourth-order valence-electron chi connectivity index (χ4n) is 2.95. The maximum Gasteiger partial charge on any atom is 0.265 e. The highest BCUT2D eigenvalue weighted by Gasteiger charge is 2.14. The lowest BCUT2D eigenvalue weighted by molar-refractivity contribution is -0.119. The molecule has 3 rings (SSSR count). The number of ether oxygens (including phenoxy) is 1. The topological polar surface area (TPSA) is 99.8 Å². The summed E-state index contributed by atoms with van der Waals surface area (Å²) >= 11 is 7.34. The first-order valence-corrected chi connectivity index (χ1v) is 11.2. The Balaban J connectivity index is 1.46. The van der Waals surface area contributed by atoms with Gasteiger partial charge in [0.2, 0.25) is 11.8 Å². The van der Waals surface area contributed by atoms with Gasteiger partial charge in [0.05, 0.1) is 30.8 Å². The number of thiophene rings is 1. The molecule has 3 aromatic rings. The molecule has 0 unspecified atom stereocenters. The van der Waals surface area contributed by atoms with Gasteiger partial charge in [-0.1, -0.05) is 17.7 Å². The van der Waals surface area contributed by atoms with Crippen molar-refractivity contribution in [2.24, 2.45) is 0 Å². The van der Waals surface area contributed by atoms with Crippen LogP contribution in [0.25, 0.3) is 0 Å². The van der Waals surface area contributed by atoms with Crippen LogP contribution in [0.3, 0.4) is 0 Å². The Labute approximate surface area is 200 Å². The zero-order chi connectivity index (χ0) is 23.8. The van der Waals surface area contributed by atoms with E-state index in [-0.39, 0.29) is 30.8 Å². The van der Waals surface area contributed by atoms with Crippen molar-refractivity contribution in [3.63, 3.8) is 0 Å². The van der Waals surface area contributed by atoms with Gasteiger partial charge >= 0.3 is 0 Å². The van der Waals surface area contributed by atoms with Crippen LogP contribution >= 0.6 is 22.9 Å². The first-order chi connectivity index (χ1) is 15.8. The predicted molar refractivity (Wildman–Crippen MR) is 131 cm³/mol. The molecule has 172 valence electrons. The number of nitrogens with zero attached hydrogens (tertiary/aromatic N) is 1. The third kappa shape index (κ3) is 7.31. The SMILES string of the molecule is COc1ccc(Cl)cc1NC(=O)CN(C)CC(=O)Nc1ccc(NC(=O)c2cccs2)cc1. The molecular formula is C23H23ClN4O4S. The van der Waals surface area contributed by atoms with E-state index in [1.54, 1.807) is 60.5 Å². The number of carbonyl (C=O) groups excluding carboxylic acids is 3. The molecule has 0 saturated carbocycles. The Morgan fingerprint density at radius 2 is 1.58 bits per heavy atom. The van der Waals surface area contributed by atoms with E-state index in [9.17, 15) is 14.4 Å². The molecule has 8 nitrogen and oxygen atoms in total. The van der Waals surface area contributed by atoms with Crippen LogP contribution in [0.15, 0.2) is 60.0 Å². The highest BCUT2D eigenvalue weighted by molar-refractivity contribution is 7.12. The Morgan fingerprint density at radius 3 is 2.18 bits per heavy atom. The minimum Gasteiger partial charge on any atom is -0.495 e. The number of benzene rings is 2. The number of hydrogen-bond acceptors (Lipinski definition) is 6. The zero-order valence-corrected chi connectivity index (χ0v) is 19.6. The Kier molecular flexibility index (Phi) is 8.42. The van der Waals surface area contributed by atoms with Gasteiger partial charge < -0.3 is 20.7 Å². The lowest BCUT2D eigenvalue weighted by Gasteiger charge is -2.17. The number of likely N-dealkylation sites (N-methyl/N-ethyl adjacent to an activating group) is 1. The predicted octanol–water partition coefficient (Wildman–Crippen LogP) is 4.17. The largest absolute Gasteiger partial charge is 0.495 e. The van der Waals surface area contributed by atoms with Crippen molar-refractivity contribution in [3.8, 4) is 5.75 Å². The number of carbonyl (C=O) groups is 3. The number of anilines is 3. The highest BCUT2D eigenvalue weighted by Crippen LogP contribution is 2.27. The number of amides is 3. The van der Waals surface area contributed by atoms with Crippen LogP contribution in [0.4, 0.5) is 17.1 Å². The number of methoxy groups -OCH3 is 1. The molecular weight excluding hydrogens is 464 g/mol. The number of hydrogen-bond donors (Lipinski definition) is 3. The minimum atomic E-state index is -0.309. The summed E-state index contributed by atoms with van der Waals surface area (Å²) in [6.07, 6.45) is 0. The average Bonchev–Trinajstić information content (AvgIpc) is 3.30. The summed E-state index contributed by atoms with van der Waals surface area (Å²) in [5.41, 5.74) is 1.66. The van der Waals surface area contributed by atoms with Crippen LogP contribution in [-0.4, -0.2) is 49.9 Å². The smallest absolute Gasteiger partial charge is 0.265 e. The molecule has 33 heavy (non-hydrogen) atoms. The summed E-state index contributed by atoms with van der Waals surface area (Å²) in [6.45, 7) is 0.00768. The van der Waals surface area contributed by atoms with Gasteiger partial charge in [-0.3, -0.25) is 19.3 Å². The summed E-state index contributed by atoms with van der Waals surface area (Å²) in [7, 11) is 3.16. The second-order valence-corrected chi connectivity index (χ2v) is 8.51. The lowest BCUT2D eigenvalue weighted by atomic mass is 10.2. The fraction of sp³-hybridized carbons (Fsp3) is 0.174. The second-order valence-electron chi connectivity index (χ2n) is 7.12. The molecule has 1 aromatic heterocycles. The molecule has 0 spiro atoms. The van der Waals surface area contributed by atoms with Crippen molar-refractivity contribution in [3.05, 3.63) is 69.9 Å². The van der Waals surface area contributed by atoms with Gasteiger partial charge in [0.1, 0.15) is 5.75 Å². The third-order valence-electron chi connectivity index (χ3n) is 4.43. The maximum atomic E-state index is 12.3. The van der Waals surface area contributed by atoms with E-state index in [0.717, 1.165) is 0 Å². The summed E-state index contributed by atoms with van der Waals surface area (Å²) < 4.78 is 5.21. The molecule has 2 aromatic carbocycles. The van der Waals surface area contributed by atoms with Gasteiger partial charge in [-0.15, -0.1) is 11.3 Å². The fourth-order valence-corrected chi connectivity index (χ4v) is 3.74. The van der Waals surface area contributed by atoms with E-state index in [4.69, 9.17) is 16.3 Å². The summed E-state index contributed by atoms with van der Waals surface area (Å²) in [4.78, 5) is 39.0. The molecule has 0 saturated heterocycles. The van der Waals surface area contributed by atoms with E-state index in [2.05, 4.69) is 16.0 Å². The number of halogens is 1. The summed E-state index contributed by atoms with van der Waals surface area (Å²) in [5.74, 6) is -0.280. The Bertz CT molecular complexity index is 1120. The second kappa shape index (κ2) is 11.5. The molecule has 3 N–H and O–H groups in total. The summed E-state index contributed by atoms with van der Waals surface area (Å²) in [6, 6.07) is 15.3. The van der Waals surface area contributed by atoms with Gasteiger partial charge in [0.15, 0.2) is 0 Å². The number of nitrogens with one attached hydrogen (secondary N) is 3. The average molecular weight is 487 g/mol. The van der Waals surface area contributed by atoms with Crippen molar-refractivity contribution >= 4 is 57.7 Å². The van der Waals surface area contributed by atoms with Crippen LogP contribution < -0.4 is 20.7 Å². The van der Waals surface area contributed by atoms with Crippen LogP contribution in [-0.2, 0) is 9.59 Å². The van der Waals surface area contributed by atoms with Crippen LogP contribution in [0.1, 0.15) is 9.67 Å². The van der Waals surface area contributed by atoms with Crippen molar-refractivity contribution in [1.29, 1.82) is 0 Å². The van der Waals surface area contributed by atoms with E-state index < -0.39 is 0 Å². The minimum absolute atomic E-state index is 0.00320. The van der Waals surface area contributed by atoms with Crippen molar-refractivity contribution in [2.75, 3.05) is 43.2 Å². The maximum absolute atomic E-state index is 12.3. The molecule has 1 heterocycles. The highest BCUT2D eigenvalue weighted by atomic mass is 35.5. The van der Waals surface area contributed by atoms with Crippen molar-refractivity contribution < 1.29 is 19.1 Å². The Morgan fingerprint density at radius 1 is 0.939 bits per heavy atom. The molecule has 0 aliphatic rings. The van der Waals surface area contributed by atoms with Crippen LogP contribution in [0, 0.1) is 0 Å². The van der Waals surface area contributed by atoms with Gasteiger partial charge in [-0.25, -0.2) is 0 Å². The van der Waals surface area contributed by atoms with E-state index in [0.29, 0.717) is 32.7 Å². The van der Waals surface area contributed by atoms with E-state index in [1.807, 2.05) is 11.4 Å². The van der Waals surface area contributed by atoms with Crippen LogP contribution in [0.5, 0.6) is 5.75 Å². The van der Waals surface area contributed by atoms with Crippen molar-refractivity contribution in [2.45, 2.75) is 0 Å². The summed E-state index contributed by atoms with van der Waals surface area (Å²) in [5, 5.41) is 10.6. The molecule has 0 radical (unpaired) electrons. The van der Waals surface area contributed by atoms with Gasteiger partial charge in [-0.05, 0) is 61.0 Å². The van der Waals surface area contributed by atoms with E-state index >= 15 is 0 Å². The van der Waals surface area contributed by atoms with Gasteiger partial charge in [0, 0.05) is 16.4 Å². The quantitative estimate of drug-likeness (QED) is 0.421. The number of rotatable bonds is 9. The van der Waals surface area contributed by atoms with Gasteiger partial charge in [0.25, 0.3) is 5.91 Å². The van der Waals surface area contributed by atoms with Crippen LogP contribution in [0.2, 0.25) is 5.02 Å². The zero-order valence-electron chi connectivity index (χ0n) is 18.1. The van der Waals surface area contributed by atoms with Crippen molar-refractivity contribution in [1.82, 2.24) is 4.90 Å². The first kappa shape index (κ1) is 24.2. The van der Waals surface area contributed by atoms with Gasteiger partial charge in [-0.2, -0.15) is 0 Å². The normalized spacial score (nSPS) is 10.5. The van der Waals surface area contributed by atoms with E-state index in [1.165, 1.54) is 18.4 Å². The standard InChI is InChI=1S/C23H23ClN4O4S/c1-28(14-22(30)27-18-12-15(24)5-10-19(18)32-2)13-21(29)25-16-6-8-17(9-7-16)26-23(31)20-4-3-11-33-20/h3-12H,13-14H2,1-2H3,(H,25,29)(H,26,31)(H,27,30). The lowest BCUT2D eigenvalue weighted by Crippen LogP contribution is -2.36. The first-order valence-electron chi connectivity index (χ1n) is 9.91. The third-order valence-corrected chi connectivity index (χ3v) is 5.54. The molecule has 0 bridgehead atoms. The molecule has 0 atom stereocenters. The monoisotopic (exact) mass is 486 g/mol. The molecule has 0 fully saturated rings. The molecule has 3 amide bonds. The Hall–Kier alpha value is -3.40. The molecule has 0 aliphatic carbocycles. The molecule has 0 aliphatic heterocycles. The molecule has 10 heteroatoms.